The molecule has 4 nitrogen and oxygen atoms in total. The van der Waals surface area contributed by atoms with Gasteiger partial charge in [0, 0.05) is 24.4 Å². The highest BCUT2D eigenvalue weighted by atomic mass is 35.5. The molecule has 2 rings (SSSR count). The van der Waals surface area contributed by atoms with Crippen LogP contribution in [0.4, 0.5) is 0 Å². The SMILES string of the molecule is CN(C)CCSc1ncc(C(O)c2ccc(Cl)cc2)n1C. The molecule has 0 radical (unpaired) electrons. The molecule has 0 fully saturated rings. The fourth-order valence-electron chi connectivity index (χ4n) is 1.93. The summed E-state index contributed by atoms with van der Waals surface area (Å²) >= 11 is 7.56. The smallest absolute Gasteiger partial charge is 0.168 e. The van der Waals surface area contributed by atoms with Gasteiger partial charge in [0.25, 0.3) is 0 Å². The lowest BCUT2D eigenvalue weighted by molar-refractivity contribution is 0.210. The predicted molar refractivity (Wildman–Crippen MR) is 88.0 cm³/mol. The topological polar surface area (TPSA) is 41.3 Å². The first-order chi connectivity index (χ1) is 9.99. The second-order valence-corrected chi connectivity index (χ2v) is 6.63. The molecule has 21 heavy (non-hydrogen) atoms. The Hall–Kier alpha value is -1.01. The summed E-state index contributed by atoms with van der Waals surface area (Å²) in [5.41, 5.74) is 1.59. The number of hydrogen-bond donors (Lipinski definition) is 1. The largest absolute Gasteiger partial charge is 0.382 e. The Morgan fingerprint density at radius 1 is 1.33 bits per heavy atom. The second kappa shape index (κ2) is 7.31. The summed E-state index contributed by atoms with van der Waals surface area (Å²) in [4.78, 5) is 6.54. The van der Waals surface area contributed by atoms with E-state index in [9.17, 15) is 5.11 Å². The van der Waals surface area contributed by atoms with Gasteiger partial charge in [0.2, 0.25) is 0 Å². The minimum Gasteiger partial charge on any atom is -0.382 e. The zero-order valence-electron chi connectivity index (χ0n) is 12.5. The molecule has 6 heteroatoms. The Morgan fingerprint density at radius 3 is 2.62 bits per heavy atom. The first-order valence-corrected chi connectivity index (χ1v) is 8.08. The number of aliphatic hydroxyl groups excluding tert-OH is 1. The highest BCUT2D eigenvalue weighted by Crippen LogP contribution is 2.26. The minimum atomic E-state index is -0.692. The van der Waals surface area contributed by atoms with Gasteiger partial charge in [-0.05, 0) is 31.8 Å². The average molecular weight is 326 g/mol. The summed E-state index contributed by atoms with van der Waals surface area (Å²) in [5.74, 6) is 0.967. The molecule has 0 amide bonds. The van der Waals surface area contributed by atoms with Crippen molar-refractivity contribution in [3.8, 4) is 0 Å². The van der Waals surface area contributed by atoms with Gasteiger partial charge in [0.15, 0.2) is 5.16 Å². The molecule has 1 atom stereocenters. The quantitative estimate of drug-likeness (QED) is 0.829. The summed E-state index contributed by atoms with van der Waals surface area (Å²) in [6, 6.07) is 7.23. The van der Waals surface area contributed by atoms with Crippen molar-refractivity contribution in [2.24, 2.45) is 7.05 Å². The third-order valence-electron chi connectivity index (χ3n) is 3.22. The summed E-state index contributed by atoms with van der Waals surface area (Å²) in [6.07, 6.45) is 1.04. The fourth-order valence-corrected chi connectivity index (χ4v) is 3.12. The first kappa shape index (κ1) is 16.4. The Morgan fingerprint density at radius 2 is 2.00 bits per heavy atom. The molecule has 1 aromatic heterocycles. The van der Waals surface area contributed by atoms with E-state index in [0.29, 0.717) is 5.02 Å². The Balaban J connectivity index is 2.10. The van der Waals surface area contributed by atoms with E-state index < -0.39 is 6.10 Å². The van der Waals surface area contributed by atoms with Crippen LogP contribution in [0.25, 0.3) is 0 Å². The highest BCUT2D eigenvalue weighted by Gasteiger charge is 2.16. The van der Waals surface area contributed by atoms with Crippen molar-refractivity contribution in [2.75, 3.05) is 26.4 Å². The van der Waals surface area contributed by atoms with Crippen LogP contribution < -0.4 is 0 Å². The monoisotopic (exact) mass is 325 g/mol. The molecule has 114 valence electrons. The number of aromatic nitrogens is 2. The number of nitrogens with zero attached hydrogens (tertiary/aromatic N) is 3. The van der Waals surface area contributed by atoms with Crippen molar-refractivity contribution in [2.45, 2.75) is 11.3 Å². The van der Waals surface area contributed by atoms with Crippen LogP contribution in [0.3, 0.4) is 0 Å². The van der Waals surface area contributed by atoms with E-state index in [4.69, 9.17) is 11.6 Å². The van der Waals surface area contributed by atoms with Crippen LogP contribution in [0, 0.1) is 0 Å². The standard InChI is InChI=1S/C15H20ClN3OS/c1-18(2)8-9-21-15-17-10-13(19(15)3)14(20)11-4-6-12(16)7-5-11/h4-7,10,14,20H,8-9H2,1-3H3. The second-order valence-electron chi connectivity index (χ2n) is 5.13. The van der Waals surface area contributed by atoms with Crippen LogP contribution >= 0.6 is 23.4 Å². The van der Waals surface area contributed by atoms with Crippen LogP contribution in [0.2, 0.25) is 5.02 Å². The lowest BCUT2D eigenvalue weighted by Gasteiger charge is -2.13. The zero-order chi connectivity index (χ0) is 15.4. The lowest BCUT2D eigenvalue weighted by atomic mass is 10.1. The van der Waals surface area contributed by atoms with Gasteiger partial charge in [-0.2, -0.15) is 0 Å². The molecular formula is C15H20ClN3OS. The van der Waals surface area contributed by atoms with Crippen LogP contribution in [-0.4, -0.2) is 46.0 Å². The zero-order valence-corrected chi connectivity index (χ0v) is 14.0. The Kier molecular flexibility index (Phi) is 5.70. The third-order valence-corrected chi connectivity index (χ3v) is 4.49. The molecule has 0 spiro atoms. The van der Waals surface area contributed by atoms with Gasteiger partial charge in [-0.25, -0.2) is 4.98 Å². The van der Waals surface area contributed by atoms with Crippen molar-refractivity contribution < 1.29 is 5.11 Å². The van der Waals surface area contributed by atoms with Gasteiger partial charge >= 0.3 is 0 Å². The third kappa shape index (κ3) is 4.23. The molecule has 0 aliphatic rings. The first-order valence-electron chi connectivity index (χ1n) is 6.71. The average Bonchev–Trinajstić information content (AvgIpc) is 2.80. The van der Waals surface area contributed by atoms with E-state index in [1.54, 1.807) is 30.1 Å². The minimum absolute atomic E-state index is 0.663. The highest BCUT2D eigenvalue weighted by molar-refractivity contribution is 7.99. The number of imidazole rings is 1. The van der Waals surface area contributed by atoms with Crippen molar-refractivity contribution in [3.05, 3.63) is 46.7 Å². The number of thioether (sulfide) groups is 1. The van der Waals surface area contributed by atoms with Crippen molar-refractivity contribution in [3.63, 3.8) is 0 Å². The van der Waals surface area contributed by atoms with Crippen LogP contribution in [0.15, 0.2) is 35.6 Å². The molecule has 1 unspecified atom stereocenters. The Labute approximate surface area is 134 Å². The predicted octanol–water partition coefficient (Wildman–Crippen LogP) is 2.81. The van der Waals surface area contributed by atoms with Crippen LogP contribution in [0.1, 0.15) is 17.4 Å². The van der Waals surface area contributed by atoms with Gasteiger partial charge in [-0.3, -0.25) is 0 Å². The fraction of sp³-hybridized carbons (Fsp3) is 0.400. The van der Waals surface area contributed by atoms with Crippen molar-refractivity contribution in [1.29, 1.82) is 0 Å². The summed E-state index contributed by atoms with van der Waals surface area (Å²) in [7, 11) is 6.03. The maximum absolute atomic E-state index is 10.5. The van der Waals surface area contributed by atoms with E-state index in [2.05, 4.69) is 24.0 Å². The molecule has 0 saturated carbocycles. The summed E-state index contributed by atoms with van der Waals surface area (Å²) in [5, 5.41) is 12.0. The Bertz CT molecular complexity index is 583. The van der Waals surface area contributed by atoms with Gasteiger partial charge in [0.05, 0.1) is 11.9 Å². The molecule has 1 heterocycles. The number of halogens is 1. The van der Waals surface area contributed by atoms with Crippen LogP contribution in [-0.2, 0) is 7.05 Å². The van der Waals surface area contributed by atoms with E-state index in [-0.39, 0.29) is 0 Å². The normalized spacial score (nSPS) is 12.9. The molecule has 0 bridgehead atoms. The van der Waals surface area contributed by atoms with Gasteiger partial charge in [-0.15, -0.1) is 0 Å². The van der Waals surface area contributed by atoms with E-state index in [1.807, 2.05) is 23.7 Å². The summed E-state index contributed by atoms with van der Waals surface area (Å²) in [6.45, 7) is 0.993. The molecule has 0 saturated heterocycles. The van der Waals surface area contributed by atoms with Crippen molar-refractivity contribution >= 4 is 23.4 Å². The molecule has 2 aromatic rings. The van der Waals surface area contributed by atoms with Gasteiger partial charge in [0.1, 0.15) is 6.10 Å². The molecule has 0 aliphatic heterocycles. The maximum atomic E-state index is 10.5. The lowest BCUT2D eigenvalue weighted by Crippen LogP contribution is -2.15. The number of benzene rings is 1. The van der Waals surface area contributed by atoms with E-state index >= 15 is 0 Å². The molecule has 1 aromatic carbocycles. The number of hydrogen-bond acceptors (Lipinski definition) is 4. The van der Waals surface area contributed by atoms with Gasteiger partial charge < -0.3 is 14.6 Å². The van der Waals surface area contributed by atoms with E-state index in [0.717, 1.165) is 28.7 Å². The maximum Gasteiger partial charge on any atom is 0.168 e. The van der Waals surface area contributed by atoms with Gasteiger partial charge in [-0.1, -0.05) is 35.5 Å². The van der Waals surface area contributed by atoms with Crippen molar-refractivity contribution in [1.82, 2.24) is 14.5 Å². The molecule has 0 aliphatic carbocycles. The number of aliphatic hydroxyl groups is 1. The molecule has 1 N–H and O–H groups in total. The summed E-state index contributed by atoms with van der Waals surface area (Å²) < 4.78 is 1.94. The van der Waals surface area contributed by atoms with E-state index in [1.165, 1.54) is 0 Å². The number of rotatable bonds is 6. The molecular weight excluding hydrogens is 306 g/mol. The van der Waals surface area contributed by atoms with Crippen LogP contribution in [0.5, 0.6) is 0 Å².